The summed E-state index contributed by atoms with van der Waals surface area (Å²) in [5.41, 5.74) is -1.61. The van der Waals surface area contributed by atoms with Gasteiger partial charge in [0, 0.05) is 6.54 Å². The van der Waals surface area contributed by atoms with E-state index in [2.05, 4.69) is 4.74 Å². The molecule has 2 fully saturated rings. The second-order valence-corrected chi connectivity index (χ2v) is 3.84. The highest BCUT2D eigenvalue weighted by atomic mass is 16.5. The van der Waals surface area contributed by atoms with Crippen molar-refractivity contribution in [2.24, 2.45) is 0 Å². The Labute approximate surface area is 81.6 Å². The fourth-order valence-corrected chi connectivity index (χ4v) is 2.40. The summed E-state index contributed by atoms with van der Waals surface area (Å²) in [5, 5.41) is 10.1. The summed E-state index contributed by atoms with van der Waals surface area (Å²) >= 11 is 0. The molecule has 0 bridgehead atoms. The summed E-state index contributed by atoms with van der Waals surface area (Å²) in [6, 6.07) is -0.373. The summed E-state index contributed by atoms with van der Waals surface area (Å²) in [5.74, 6) is -0.847. The predicted molar refractivity (Wildman–Crippen MR) is 46.3 cm³/mol. The number of rotatable bonds is 1. The van der Waals surface area contributed by atoms with Gasteiger partial charge in [-0.1, -0.05) is 0 Å². The molecule has 0 radical (unpaired) electrons. The van der Waals surface area contributed by atoms with Gasteiger partial charge in [-0.15, -0.1) is 0 Å². The molecule has 5 nitrogen and oxygen atoms in total. The normalized spacial score (nSPS) is 36.0. The molecular weight excluding hydrogens is 186 g/mol. The maximum atomic E-state index is 11.4. The molecule has 78 valence electrons. The monoisotopic (exact) mass is 199 g/mol. The van der Waals surface area contributed by atoms with Gasteiger partial charge in [-0.05, 0) is 12.8 Å². The van der Waals surface area contributed by atoms with E-state index in [1.807, 2.05) is 0 Å². The average Bonchev–Trinajstić information content (AvgIpc) is 2.71. The molecule has 2 atom stereocenters. The zero-order chi connectivity index (χ0) is 10.3. The molecular formula is C9H13NO4. The van der Waals surface area contributed by atoms with Gasteiger partial charge in [-0.2, -0.15) is 0 Å². The van der Waals surface area contributed by atoms with Crippen LogP contribution in [0.1, 0.15) is 19.3 Å². The van der Waals surface area contributed by atoms with Crippen molar-refractivity contribution in [1.82, 2.24) is 4.90 Å². The number of carbonyl (C=O) groups is 2. The molecule has 2 saturated heterocycles. The van der Waals surface area contributed by atoms with Crippen LogP contribution >= 0.6 is 0 Å². The second-order valence-electron chi connectivity index (χ2n) is 3.84. The number of aliphatic hydroxyl groups is 1. The fraction of sp³-hybridized carbons (Fsp3) is 0.778. The average molecular weight is 199 g/mol. The van der Waals surface area contributed by atoms with Crippen molar-refractivity contribution in [3.05, 3.63) is 0 Å². The van der Waals surface area contributed by atoms with Crippen LogP contribution in [0.15, 0.2) is 0 Å². The van der Waals surface area contributed by atoms with E-state index < -0.39 is 11.6 Å². The van der Waals surface area contributed by atoms with Gasteiger partial charge < -0.3 is 14.7 Å². The minimum atomic E-state index is -1.61. The van der Waals surface area contributed by atoms with Crippen LogP contribution in [-0.4, -0.2) is 47.2 Å². The van der Waals surface area contributed by atoms with E-state index in [1.165, 1.54) is 7.11 Å². The Morgan fingerprint density at radius 2 is 2.43 bits per heavy atom. The third kappa shape index (κ3) is 1.05. The summed E-state index contributed by atoms with van der Waals surface area (Å²) in [6.45, 7) is 0.642. The lowest BCUT2D eigenvalue weighted by Crippen LogP contribution is -2.48. The van der Waals surface area contributed by atoms with Gasteiger partial charge in [0.1, 0.15) is 0 Å². The molecule has 0 aliphatic carbocycles. The minimum absolute atomic E-state index is 0.135. The van der Waals surface area contributed by atoms with Crippen LogP contribution in [0.3, 0.4) is 0 Å². The highest BCUT2D eigenvalue weighted by Crippen LogP contribution is 2.37. The first-order chi connectivity index (χ1) is 6.59. The van der Waals surface area contributed by atoms with Gasteiger partial charge in [-0.3, -0.25) is 4.79 Å². The molecule has 2 aliphatic rings. The molecule has 0 aromatic rings. The van der Waals surface area contributed by atoms with Gasteiger partial charge >= 0.3 is 5.97 Å². The van der Waals surface area contributed by atoms with Crippen LogP contribution in [0, 0.1) is 0 Å². The van der Waals surface area contributed by atoms with Gasteiger partial charge in [0.2, 0.25) is 5.91 Å². The quantitative estimate of drug-likeness (QED) is 0.566. The number of carbonyl (C=O) groups excluding carboxylic acids is 2. The smallest absolute Gasteiger partial charge is 0.340 e. The molecule has 1 amide bonds. The number of hydrogen-bond donors (Lipinski definition) is 1. The van der Waals surface area contributed by atoms with Crippen molar-refractivity contribution in [3.63, 3.8) is 0 Å². The molecule has 0 spiro atoms. The summed E-state index contributed by atoms with van der Waals surface area (Å²) in [7, 11) is 1.22. The number of ether oxygens (including phenoxy) is 1. The number of hydrogen-bond acceptors (Lipinski definition) is 4. The van der Waals surface area contributed by atoms with Crippen LogP contribution in [-0.2, 0) is 14.3 Å². The third-order valence-corrected chi connectivity index (χ3v) is 3.08. The van der Waals surface area contributed by atoms with Crippen LogP contribution in [0.25, 0.3) is 0 Å². The van der Waals surface area contributed by atoms with Crippen LogP contribution in [0.2, 0.25) is 0 Å². The highest BCUT2D eigenvalue weighted by molar-refractivity contribution is 5.93. The maximum Gasteiger partial charge on any atom is 0.340 e. The zero-order valence-electron chi connectivity index (χ0n) is 8.02. The highest BCUT2D eigenvalue weighted by Gasteiger charge is 2.57. The van der Waals surface area contributed by atoms with Crippen molar-refractivity contribution in [2.45, 2.75) is 30.9 Å². The number of fused-ring (bicyclic) bond motifs is 1. The van der Waals surface area contributed by atoms with E-state index in [-0.39, 0.29) is 18.4 Å². The Morgan fingerprint density at radius 1 is 1.71 bits per heavy atom. The van der Waals surface area contributed by atoms with Crippen molar-refractivity contribution < 1.29 is 19.4 Å². The first kappa shape index (κ1) is 9.45. The Balaban J connectivity index is 2.29. The Morgan fingerprint density at radius 3 is 3.07 bits per heavy atom. The lowest BCUT2D eigenvalue weighted by Gasteiger charge is -2.25. The summed E-state index contributed by atoms with van der Waals surface area (Å²) in [4.78, 5) is 24.4. The first-order valence-electron chi connectivity index (χ1n) is 4.70. The summed E-state index contributed by atoms with van der Waals surface area (Å²) in [6.07, 6.45) is 1.39. The topological polar surface area (TPSA) is 66.8 Å². The molecule has 0 saturated carbocycles. The number of methoxy groups -OCH3 is 1. The lowest BCUT2D eigenvalue weighted by molar-refractivity contribution is -0.164. The molecule has 2 aliphatic heterocycles. The van der Waals surface area contributed by atoms with E-state index in [0.29, 0.717) is 13.0 Å². The minimum Gasteiger partial charge on any atom is -0.467 e. The van der Waals surface area contributed by atoms with E-state index in [0.717, 1.165) is 6.42 Å². The van der Waals surface area contributed by atoms with Crippen molar-refractivity contribution >= 4 is 11.9 Å². The van der Waals surface area contributed by atoms with E-state index in [1.54, 1.807) is 4.90 Å². The van der Waals surface area contributed by atoms with E-state index >= 15 is 0 Å². The number of nitrogens with zero attached hydrogens (tertiary/aromatic N) is 1. The predicted octanol–water partition coefficient (Wildman–Crippen LogP) is -0.715. The van der Waals surface area contributed by atoms with E-state index in [9.17, 15) is 14.7 Å². The van der Waals surface area contributed by atoms with E-state index in [4.69, 9.17) is 0 Å². The molecule has 2 rings (SSSR count). The van der Waals surface area contributed by atoms with Crippen molar-refractivity contribution in [3.8, 4) is 0 Å². The van der Waals surface area contributed by atoms with Gasteiger partial charge in [0.25, 0.3) is 0 Å². The molecule has 14 heavy (non-hydrogen) atoms. The SMILES string of the molecule is COC(=O)[C@@]1(O)CC(=O)N2CCC[C@H]21. The number of amides is 1. The molecule has 0 aromatic heterocycles. The van der Waals surface area contributed by atoms with Crippen LogP contribution < -0.4 is 0 Å². The van der Waals surface area contributed by atoms with Crippen LogP contribution in [0.5, 0.6) is 0 Å². The fourth-order valence-electron chi connectivity index (χ4n) is 2.40. The largest absolute Gasteiger partial charge is 0.467 e. The van der Waals surface area contributed by atoms with Crippen LogP contribution in [0.4, 0.5) is 0 Å². The first-order valence-corrected chi connectivity index (χ1v) is 4.70. The summed E-state index contributed by atoms with van der Waals surface area (Å²) < 4.78 is 4.53. The molecule has 5 heteroatoms. The molecule has 0 unspecified atom stereocenters. The maximum absolute atomic E-state index is 11.4. The third-order valence-electron chi connectivity index (χ3n) is 3.08. The zero-order valence-corrected chi connectivity index (χ0v) is 8.02. The molecule has 0 aromatic carbocycles. The second kappa shape index (κ2) is 2.95. The molecule has 1 N–H and O–H groups in total. The van der Waals surface area contributed by atoms with Gasteiger partial charge in [0.05, 0.1) is 19.6 Å². The van der Waals surface area contributed by atoms with Crippen molar-refractivity contribution in [1.29, 1.82) is 0 Å². The standard InChI is InChI=1S/C9H13NO4/c1-14-8(12)9(13)5-7(11)10-4-2-3-6(9)10/h6,13H,2-5H2,1H3/t6-,9+/m0/s1. The number of esters is 1. The van der Waals surface area contributed by atoms with Gasteiger partial charge in [-0.25, -0.2) is 4.79 Å². The Kier molecular flexibility index (Phi) is 1.99. The lowest BCUT2D eigenvalue weighted by atomic mass is 9.93. The van der Waals surface area contributed by atoms with Gasteiger partial charge in [0.15, 0.2) is 5.60 Å². The Bertz CT molecular complexity index is 291. The Hall–Kier alpha value is -1.10. The van der Waals surface area contributed by atoms with Crippen molar-refractivity contribution in [2.75, 3.05) is 13.7 Å². The molecule has 2 heterocycles.